The van der Waals surface area contributed by atoms with Gasteiger partial charge in [0, 0.05) is 11.5 Å². The number of nitro benzene ring substituents is 1. The first kappa shape index (κ1) is 11.1. The summed E-state index contributed by atoms with van der Waals surface area (Å²) in [5.41, 5.74) is 0.960. The third kappa shape index (κ3) is 1.70. The van der Waals surface area contributed by atoms with E-state index in [1.807, 2.05) is 6.92 Å². The summed E-state index contributed by atoms with van der Waals surface area (Å²) in [7, 11) is 0. The third-order valence-corrected chi connectivity index (χ3v) is 2.76. The maximum absolute atomic E-state index is 10.8. The molecule has 0 aliphatic carbocycles. The van der Waals surface area contributed by atoms with Crippen LogP contribution in [0.15, 0.2) is 18.2 Å². The van der Waals surface area contributed by atoms with Crippen molar-refractivity contribution in [2.45, 2.75) is 6.92 Å². The Hall–Kier alpha value is -1.39. The van der Waals surface area contributed by atoms with Gasteiger partial charge in [0.2, 0.25) is 0 Å². The van der Waals surface area contributed by atoms with Crippen LogP contribution >= 0.6 is 23.2 Å². The number of fused-ring (bicyclic) bond motifs is 1. The molecule has 0 spiro atoms. The molecule has 82 valence electrons. The van der Waals surface area contributed by atoms with E-state index >= 15 is 0 Å². The summed E-state index contributed by atoms with van der Waals surface area (Å²) in [5.74, 6) is 0. The molecule has 0 aliphatic rings. The van der Waals surface area contributed by atoms with Gasteiger partial charge in [0.05, 0.1) is 9.95 Å². The zero-order valence-corrected chi connectivity index (χ0v) is 9.71. The Morgan fingerprint density at radius 2 is 2.06 bits per heavy atom. The Morgan fingerprint density at radius 3 is 2.69 bits per heavy atom. The summed E-state index contributed by atoms with van der Waals surface area (Å²) in [4.78, 5) is 14.3. The van der Waals surface area contributed by atoms with E-state index in [0.29, 0.717) is 10.4 Å². The molecule has 0 saturated carbocycles. The highest BCUT2D eigenvalue weighted by Gasteiger charge is 2.17. The standard InChI is InChI=1S/C10H6Cl2N2O2/c1-5-2-3-7(14(15)16)10-9(5)6(11)4-8(12)13-10/h2-4H,1H3. The van der Waals surface area contributed by atoms with E-state index in [1.54, 1.807) is 6.07 Å². The highest BCUT2D eigenvalue weighted by Crippen LogP contribution is 2.33. The van der Waals surface area contributed by atoms with E-state index in [1.165, 1.54) is 12.1 Å². The van der Waals surface area contributed by atoms with Gasteiger partial charge >= 0.3 is 0 Å². The van der Waals surface area contributed by atoms with Crippen LogP contribution in [0, 0.1) is 17.0 Å². The number of hydrogen-bond acceptors (Lipinski definition) is 3. The molecule has 6 heteroatoms. The Bertz CT molecular complexity index is 599. The molecule has 2 aromatic rings. The molecule has 1 heterocycles. The van der Waals surface area contributed by atoms with Gasteiger partial charge in [-0.2, -0.15) is 0 Å². The van der Waals surface area contributed by atoms with Crippen molar-refractivity contribution in [1.29, 1.82) is 0 Å². The number of hydrogen-bond donors (Lipinski definition) is 0. The molecule has 2 rings (SSSR count). The predicted molar refractivity (Wildman–Crippen MR) is 63.2 cm³/mol. The summed E-state index contributed by atoms with van der Waals surface area (Å²) in [5, 5.41) is 11.9. The van der Waals surface area contributed by atoms with Crippen molar-refractivity contribution < 1.29 is 4.92 Å². The molecule has 0 aliphatic heterocycles. The van der Waals surface area contributed by atoms with Gasteiger partial charge in [-0.1, -0.05) is 29.3 Å². The fourth-order valence-corrected chi connectivity index (χ4v) is 2.15. The first-order valence-electron chi connectivity index (χ1n) is 4.40. The Kier molecular flexibility index (Phi) is 2.69. The monoisotopic (exact) mass is 256 g/mol. The van der Waals surface area contributed by atoms with Gasteiger partial charge in [-0.15, -0.1) is 0 Å². The van der Waals surface area contributed by atoms with Crippen LogP contribution in [0.1, 0.15) is 5.56 Å². The van der Waals surface area contributed by atoms with E-state index in [2.05, 4.69) is 4.98 Å². The number of non-ortho nitro benzene ring substituents is 1. The summed E-state index contributed by atoms with van der Waals surface area (Å²) < 4.78 is 0. The third-order valence-electron chi connectivity index (χ3n) is 2.26. The highest BCUT2D eigenvalue weighted by molar-refractivity contribution is 6.38. The number of nitrogens with zero attached hydrogens (tertiary/aromatic N) is 2. The van der Waals surface area contributed by atoms with Crippen LogP contribution < -0.4 is 0 Å². The van der Waals surface area contributed by atoms with E-state index in [0.717, 1.165) is 5.56 Å². The van der Waals surface area contributed by atoms with Crippen molar-refractivity contribution in [2.75, 3.05) is 0 Å². The highest BCUT2D eigenvalue weighted by atomic mass is 35.5. The smallest absolute Gasteiger partial charge is 0.258 e. The zero-order valence-electron chi connectivity index (χ0n) is 8.20. The van der Waals surface area contributed by atoms with Crippen molar-refractivity contribution in [1.82, 2.24) is 4.98 Å². The average Bonchev–Trinajstić information content (AvgIpc) is 2.15. The molecule has 1 aromatic heterocycles. The second-order valence-corrected chi connectivity index (χ2v) is 4.10. The number of nitro groups is 1. The molecule has 0 fully saturated rings. The lowest BCUT2D eigenvalue weighted by Crippen LogP contribution is -1.94. The van der Waals surface area contributed by atoms with Crippen molar-refractivity contribution in [3.05, 3.63) is 44.1 Å². The van der Waals surface area contributed by atoms with Crippen molar-refractivity contribution >= 4 is 39.8 Å². The Balaban J connectivity index is 2.98. The van der Waals surface area contributed by atoms with Crippen LogP contribution in [0.3, 0.4) is 0 Å². The number of rotatable bonds is 1. The number of pyridine rings is 1. The molecule has 4 nitrogen and oxygen atoms in total. The number of halogens is 2. The lowest BCUT2D eigenvalue weighted by molar-refractivity contribution is -0.383. The van der Waals surface area contributed by atoms with Gasteiger partial charge in [0.15, 0.2) is 5.52 Å². The average molecular weight is 257 g/mol. The SMILES string of the molecule is Cc1ccc([N+](=O)[O-])c2nc(Cl)cc(Cl)c12. The molecule has 0 atom stereocenters. The van der Waals surface area contributed by atoms with E-state index < -0.39 is 4.92 Å². The maximum Gasteiger partial charge on any atom is 0.295 e. The normalized spacial score (nSPS) is 10.7. The number of aryl methyl sites for hydroxylation is 1. The van der Waals surface area contributed by atoms with E-state index in [-0.39, 0.29) is 16.4 Å². The molecule has 0 saturated heterocycles. The predicted octanol–water partition coefficient (Wildman–Crippen LogP) is 3.76. The topological polar surface area (TPSA) is 56.0 Å². The minimum absolute atomic E-state index is 0.0926. The van der Waals surface area contributed by atoms with Crippen LogP contribution in [0.25, 0.3) is 10.9 Å². The van der Waals surface area contributed by atoms with Crippen LogP contribution in [-0.2, 0) is 0 Å². The van der Waals surface area contributed by atoms with E-state index in [9.17, 15) is 10.1 Å². The molecular weight excluding hydrogens is 251 g/mol. The fourth-order valence-electron chi connectivity index (χ4n) is 1.56. The summed E-state index contributed by atoms with van der Waals surface area (Å²) in [6.45, 7) is 1.81. The second kappa shape index (κ2) is 3.88. The van der Waals surface area contributed by atoms with Crippen molar-refractivity contribution in [3.63, 3.8) is 0 Å². The van der Waals surface area contributed by atoms with Gasteiger partial charge in [0.25, 0.3) is 5.69 Å². The van der Waals surface area contributed by atoms with Crippen molar-refractivity contribution in [3.8, 4) is 0 Å². The molecule has 16 heavy (non-hydrogen) atoms. The quantitative estimate of drug-likeness (QED) is 0.444. The molecular formula is C10H6Cl2N2O2. The minimum Gasteiger partial charge on any atom is -0.258 e. The van der Waals surface area contributed by atoms with Crippen LogP contribution in [0.5, 0.6) is 0 Å². The molecule has 1 aromatic carbocycles. The Labute approximate surface area is 101 Å². The van der Waals surface area contributed by atoms with Gasteiger partial charge in [0.1, 0.15) is 5.15 Å². The molecule has 0 unspecified atom stereocenters. The number of aromatic nitrogens is 1. The summed E-state index contributed by atoms with van der Waals surface area (Å²) in [6, 6.07) is 4.52. The molecule has 0 bridgehead atoms. The first-order chi connectivity index (χ1) is 7.50. The van der Waals surface area contributed by atoms with Gasteiger partial charge in [-0.25, -0.2) is 4.98 Å². The lowest BCUT2D eigenvalue weighted by atomic mass is 10.1. The number of benzene rings is 1. The second-order valence-electron chi connectivity index (χ2n) is 3.31. The minimum atomic E-state index is -0.499. The van der Waals surface area contributed by atoms with Crippen LogP contribution in [0.2, 0.25) is 10.2 Å². The van der Waals surface area contributed by atoms with Crippen LogP contribution in [-0.4, -0.2) is 9.91 Å². The largest absolute Gasteiger partial charge is 0.295 e. The molecule has 0 N–H and O–H groups in total. The van der Waals surface area contributed by atoms with Gasteiger partial charge < -0.3 is 0 Å². The Morgan fingerprint density at radius 1 is 1.38 bits per heavy atom. The zero-order chi connectivity index (χ0) is 11.9. The maximum atomic E-state index is 10.8. The van der Waals surface area contributed by atoms with E-state index in [4.69, 9.17) is 23.2 Å². The van der Waals surface area contributed by atoms with Crippen LogP contribution in [0.4, 0.5) is 5.69 Å². The van der Waals surface area contributed by atoms with Gasteiger partial charge in [-0.3, -0.25) is 10.1 Å². The summed E-state index contributed by atoms with van der Waals surface area (Å²) >= 11 is 11.7. The fraction of sp³-hybridized carbons (Fsp3) is 0.100. The lowest BCUT2D eigenvalue weighted by Gasteiger charge is -2.04. The summed E-state index contributed by atoms with van der Waals surface area (Å²) in [6.07, 6.45) is 0. The molecule has 0 amide bonds. The molecule has 0 radical (unpaired) electrons. The van der Waals surface area contributed by atoms with Gasteiger partial charge in [-0.05, 0) is 18.6 Å². The first-order valence-corrected chi connectivity index (χ1v) is 5.16. The van der Waals surface area contributed by atoms with Crippen molar-refractivity contribution in [2.24, 2.45) is 0 Å².